The first-order chi connectivity index (χ1) is 16.5. The highest BCUT2D eigenvalue weighted by molar-refractivity contribution is 5.99. The molecule has 1 aromatic heterocycles. The van der Waals surface area contributed by atoms with Crippen LogP contribution in [-0.2, 0) is 9.53 Å². The minimum Gasteiger partial charge on any atom is -0.481 e. The van der Waals surface area contributed by atoms with Crippen molar-refractivity contribution in [2.75, 3.05) is 11.9 Å². The van der Waals surface area contributed by atoms with Gasteiger partial charge in [0, 0.05) is 12.0 Å². The number of rotatable bonds is 9. The third kappa shape index (κ3) is 4.90. The zero-order valence-corrected chi connectivity index (χ0v) is 18.5. The van der Waals surface area contributed by atoms with Gasteiger partial charge < -0.3 is 15.2 Å². The Morgan fingerprint density at radius 2 is 1.71 bits per heavy atom. The zero-order valence-electron chi connectivity index (χ0n) is 18.5. The smallest absolute Gasteiger partial charge is 0.412 e. The van der Waals surface area contributed by atoms with Crippen molar-refractivity contribution in [3.8, 4) is 11.1 Å². The number of anilines is 1. The van der Waals surface area contributed by atoms with Crippen LogP contribution >= 0.6 is 0 Å². The van der Waals surface area contributed by atoms with E-state index in [9.17, 15) is 14.4 Å². The maximum Gasteiger partial charge on any atom is 0.412 e. The number of aromatic nitrogens is 2. The number of carboxylic acids is 1. The van der Waals surface area contributed by atoms with Gasteiger partial charge in [-0.3, -0.25) is 14.9 Å². The molecule has 2 amide bonds. The summed E-state index contributed by atoms with van der Waals surface area (Å²) in [5.41, 5.74) is 4.09. The summed E-state index contributed by atoms with van der Waals surface area (Å²) < 4.78 is 10.1. The van der Waals surface area contributed by atoms with E-state index in [0.29, 0.717) is 12.8 Å². The van der Waals surface area contributed by atoms with Crippen molar-refractivity contribution >= 4 is 23.8 Å². The Labute approximate surface area is 195 Å². The summed E-state index contributed by atoms with van der Waals surface area (Å²) in [4.78, 5) is 36.1. The lowest BCUT2D eigenvalue weighted by atomic mass is 9.98. The third-order valence-electron chi connectivity index (χ3n) is 5.66. The van der Waals surface area contributed by atoms with Gasteiger partial charge in [-0.1, -0.05) is 61.9 Å². The number of carboxylic acid groups (broad SMARTS) is 1. The van der Waals surface area contributed by atoms with Crippen molar-refractivity contribution in [3.63, 3.8) is 0 Å². The van der Waals surface area contributed by atoms with Gasteiger partial charge in [0.2, 0.25) is 11.5 Å². The Bertz CT molecular complexity index is 1160. The number of benzene rings is 2. The molecule has 3 aromatic rings. The van der Waals surface area contributed by atoms with Gasteiger partial charge in [0.25, 0.3) is 5.91 Å². The maximum absolute atomic E-state index is 12.6. The number of carbonyl (C=O) groups excluding carboxylic acids is 2. The molecule has 1 heterocycles. The number of hydrogen-bond donors (Lipinski definition) is 3. The monoisotopic (exact) mass is 464 g/mol. The van der Waals surface area contributed by atoms with Crippen molar-refractivity contribution in [3.05, 3.63) is 65.4 Å². The molecule has 10 nitrogen and oxygen atoms in total. The van der Waals surface area contributed by atoms with Crippen LogP contribution in [0.5, 0.6) is 0 Å². The average molecular weight is 464 g/mol. The summed E-state index contributed by atoms with van der Waals surface area (Å²) in [5.74, 6) is -2.06. The number of nitrogens with zero attached hydrogens (tertiary/aromatic N) is 2. The van der Waals surface area contributed by atoms with Crippen LogP contribution < -0.4 is 10.6 Å². The number of hydrogen-bond acceptors (Lipinski definition) is 7. The quantitative estimate of drug-likeness (QED) is 0.434. The molecule has 0 fully saturated rings. The minimum atomic E-state index is -1.03. The van der Waals surface area contributed by atoms with Crippen LogP contribution in [0.2, 0.25) is 0 Å². The van der Waals surface area contributed by atoms with E-state index in [2.05, 4.69) is 25.6 Å². The second-order valence-electron chi connectivity index (χ2n) is 7.97. The van der Waals surface area contributed by atoms with Gasteiger partial charge >= 0.3 is 12.1 Å². The fourth-order valence-electron chi connectivity index (χ4n) is 4.19. The highest BCUT2D eigenvalue weighted by atomic mass is 16.6. The van der Waals surface area contributed by atoms with Gasteiger partial charge in [-0.05, 0) is 39.0 Å². The van der Waals surface area contributed by atoms with E-state index in [1.807, 2.05) is 55.5 Å². The second kappa shape index (κ2) is 10.2. The molecule has 1 aliphatic carbocycles. The molecule has 3 N–H and O–H groups in total. The lowest BCUT2D eigenvalue weighted by molar-refractivity contribution is -0.137. The Morgan fingerprint density at radius 3 is 2.32 bits per heavy atom. The number of fused-ring (bicyclic) bond motifs is 3. The normalized spacial score (nSPS) is 13.0. The van der Waals surface area contributed by atoms with Crippen LogP contribution in [0.4, 0.5) is 10.6 Å². The van der Waals surface area contributed by atoms with Gasteiger partial charge in [-0.25, -0.2) is 9.42 Å². The molecule has 10 heteroatoms. The van der Waals surface area contributed by atoms with Crippen molar-refractivity contribution in [1.29, 1.82) is 0 Å². The molecule has 176 valence electrons. The van der Waals surface area contributed by atoms with Crippen molar-refractivity contribution in [2.24, 2.45) is 0 Å². The van der Waals surface area contributed by atoms with Crippen molar-refractivity contribution in [1.82, 2.24) is 15.6 Å². The first-order valence-corrected chi connectivity index (χ1v) is 10.9. The minimum absolute atomic E-state index is 0.0872. The van der Waals surface area contributed by atoms with E-state index in [1.165, 1.54) is 0 Å². The summed E-state index contributed by atoms with van der Waals surface area (Å²) in [6.45, 7) is 1.96. The Hall–Kier alpha value is -4.21. The van der Waals surface area contributed by atoms with Crippen LogP contribution in [0.25, 0.3) is 11.1 Å². The number of amides is 2. The second-order valence-corrected chi connectivity index (χ2v) is 7.97. The van der Waals surface area contributed by atoms with E-state index >= 15 is 0 Å². The molecule has 0 radical (unpaired) electrons. The van der Waals surface area contributed by atoms with Gasteiger partial charge in [0.05, 0.1) is 6.42 Å². The molecule has 0 saturated carbocycles. The Kier molecular flexibility index (Phi) is 6.86. The summed E-state index contributed by atoms with van der Waals surface area (Å²) in [6.07, 6.45) is 0.0979. The van der Waals surface area contributed by atoms with Crippen LogP contribution in [0, 0.1) is 0 Å². The molecular formula is C24H24N4O6. The summed E-state index contributed by atoms with van der Waals surface area (Å²) in [6, 6.07) is 15.3. The Balaban J connectivity index is 1.40. The fraction of sp³-hybridized carbons (Fsp3) is 0.292. The highest BCUT2D eigenvalue weighted by Crippen LogP contribution is 2.44. The molecule has 0 aliphatic heterocycles. The van der Waals surface area contributed by atoms with E-state index in [-0.39, 0.29) is 30.5 Å². The zero-order chi connectivity index (χ0) is 24.1. The molecule has 4 rings (SSSR count). The van der Waals surface area contributed by atoms with Crippen molar-refractivity contribution in [2.45, 2.75) is 38.1 Å². The van der Waals surface area contributed by atoms with E-state index in [0.717, 1.165) is 22.3 Å². The average Bonchev–Trinajstić information content (AvgIpc) is 3.40. The third-order valence-corrected chi connectivity index (χ3v) is 5.66. The molecule has 1 aliphatic rings. The lowest BCUT2D eigenvalue weighted by Crippen LogP contribution is -2.37. The topological polar surface area (TPSA) is 144 Å². The fourth-order valence-corrected chi connectivity index (χ4v) is 4.19. The number of aliphatic carboxylic acids is 1. The molecule has 0 saturated heterocycles. The summed E-state index contributed by atoms with van der Waals surface area (Å²) >= 11 is 0. The lowest BCUT2D eigenvalue weighted by Gasteiger charge is -2.15. The summed E-state index contributed by atoms with van der Waals surface area (Å²) in [5, 5.41) is 21.1. The first kappa shape index (κ1) is 23.0. The van der Waals surface area contributed by atoms with E-state index < -0.39 is 24.0 Å². The molecular weight excluding hydrogens is 440 g/mol. The Morgan fingerprint density at radius 1 is 1.06 bits per heavy atom. The molecule has 0 unspecified atom stereocenters. The van der Waals surface area contributed by atoms with Gasteiger partial charge in [-0.2, -0.15) is 0 Å². The number of nitrogens with one attached hydrogen (secondary N) is 2. The van der Waals surface area contributed by atoms with Gasteiger partial charge in [-0.15, -0.1) is 0 Å². The van der Waals surface area contributed by atoms with Crippen LogP contribution in [0.1, 0.15) is 53.7 Å². The number of carbonyl (C=O) groups is 3. The van der Waals surface area contributed by atoms with Gasteiger partial charge in [0.1, 0.15) is 6.61 Å². The van der Waals surface area contributed by atoms with E-state index in [1.54, 1.807) is 0 Å². The largest absolute Gasteiger partial charge is 0.481 e. The predicted octanol–water partition coefficient (Wildman–Crippen LogP) is 3.80. The van der Waals surface area contributed by atoms with Crippen LogP contribution in [0.15, 0.2) is 53.2 Å². The first-order valence-electron chi connectivity index (χ1n) is 10.9. The van der Waals surface area contributed by atoms with Crippen LogP contribution in [0.3, 0.4) is 0 Å². The highest BCUT2D eigenvalue weighted by Gasteiger charge is 2.30. The molecule has 1 atom stereocenters. The van der Waals surface area contributed by atoms with Gasteiger partial charge in [0.15, 0.2) is 0 Å². The number of ether oxygens (including phenoxy) is 1. The van der Waals surface area contributed by atoms with E-state index in [4.69, 9.17) is 9.84 Å². The molecule has 0 spiro atoms. The maximum atomic E-state index is 12.6. The van der Waals surface area contributed by atoms with Crippen LogP contribution in [-0.4, -0.2) is 46.0 Å². The standard InChI is InChI=1S/C24H24N4O6/c1-2-7-14(12-20(29)30)25-23(31)21-22(28-34-27-21)26-24(32)33-13-19-17-10-5-3-8-15(17)16-9-4-6-11-18(16)19/h3-6,8-11,14,19H,2,7,12-13H2,1H3,(H,25,31)(H,29,30)(H,26,28,32)/t14-/m0/s1. The molecule has 2 aromatic carbocycles. The SMILES string of the molecule is CCC[C@@H](CC(=O)O)NC(=O)c1nonc1NC(=O)OCC1c2ccccc2-c2ccccc21. The molecule has 0 bridgehead atoms. The predicted molar refractivity (Wildman–Crippen MR) is 121 cm³/mol. The molecule has 34 heavy (non-hydrogen) atoms. The van der Waals surface area contributed by atoms with Crippen molar-refractivity contribution < 1.29 is 28.9 Å². The summed E-state index contributed by atoms with van der Waals surface area (Å²) in [7, 11) is 0.